The summed E-state index contributed by atoms with van der Waals surface area (Å²) < 4.78 is 0. The van der Waals surface area contributed by atoms with E-state index in [0.717, 1.165) is 37.9 Å². The zero-order valence-corrected chi connectivity index (χ0v) is 8.06. The molecule has 0 aromatic carbocycles. The Morgan fingerprint density at radius 3 is 3.08 bits per heavy atom. The smallest absolute Gasteiger partial charge is 0.191 e. The average molecular weight is 169 g/mol. The van der Waals surface area contributed by atoms with Crippen LogP contribution in [0.25, 0.3) is 0 Å². The van der Waals surface area contributed by atoms with Gasteiger partial charge in [-0.25, -0.2) is 0 Å². The summed E-state index contributed by atoms with van der Waals surface area (Å²) in [7, 11) is 0. The molecule has 0 saturated heterocycles. The van der Waals surface area contributed by atoms with Gasteiger partial charge in [-0.3, -0.25) is 4.99 Å². The van der Waals surface area contributed by atoms with Crippen molar-refractivity contribution in [3.63, 3.8) is 0 Å². The molecule has 3 nitrogen and oxygen atoms in total. The molecule has 0 radical (unpaired) electrons. The molecular formula is C9H19N3. The Hall–Kier alpha value is -0.730. The molecule has 1 atom stereocenters. The summed E-state index contributed by atoms with van der Waals surface area (Å²) in [5.74, 6) is 1.72. The number of hydrogen-bond acceptors (Lipinski definition) is 3. The van der Waals surface area contributed by atoms with Crippen molar-refractivity contribution >= 4 is 5.96 Å². The first-order valence-corrected chi connectivity index (χ1v) is 4.85. The van der Waals surface area contributed by atoms with Gasteiger partial charge in [-0.1, -0.05) is 20.3 Å². The van der Waals surface area contributed by atoms with Crippen LogP contribution in [0.1, 0.15) is 26.7 Å². The third-order valence-corrected chi connectivity index (χ3v) is 2.21. The van der Waals surface area contributed by atoms with E-state index in [0.29, 0.717) is 0 Å². The summed E-state index contributed by atoms with van der Waals surface area (Å²) >= 11 is 0. The Kier molecular flexibility index (Phi) is 3.91. The molecule has 1 rings (SSSR count). The van der Waals surface area contributed by atoms with Crippen molar-refractivity contribution in [2.24, 2.45) is 10.9 Å². The van der Waals surface area contributed by atoms with Crippen LogP contribution < -0.4 is 10.6 Å². The maximum absolute atomic E-state index is 4.33. The van der Waals surface area contributed by atoms with Crippen LogP contribution in [0.15, 0.2) is 4.99 Å². The first-order chi connectivity index (χ1) is 5.83. The quantitative estimate of drug-likeness (QED) is 0.660. The molecule has 0 amide bonds. The van der Waals surface area contributed by atoms with E-state index in [1.54, 1.807) is 0 Å². The Morgan fingerprint density at radius 1 is 1.67 bits per heavy atom. The summed E-state index contributed by atoms with van der Waals surface area (Å²) in [6.45, 7) is 7.52. The van der Waals surface area contributed by atoms with Crippen LogP contribution in [0.3, 0.4) is 0 Å². The van der Waals surface area contributed by atoms with Gasteiger partial charge in [0.1, 0.15) is 0 Å². The molecule has 70 valence electrons. The molecule has 0 aliphatic carbocycles. The molecule has 0 saturated carbocycles. The van der Waals surface area contributed by atoms with Gasteiger partial charge in [-0.2, -0.15) is 0 Å². The largest absolute Gasteiger partial charge is 0.356 e. The van der Waals surface area contributed by atoms with E-state index in [2.05, 4.69) is 29.5 Å². The van der Waals surface area contributed by atoms with Crippen LogP contribution >= 0.6 is 0 Å². The highest BCUT2D eigenvalue weighted by atomic mass is 15.2. The van der Waals surface area contributed by atoms with Gasteiger partial charge in [-0.15, -0.1) is 0 Å². The topological polar surface area (TPSA) is 36.4 Å². The van der Waals surface area contributed by atoms with Gasteiger partial charge in [0, 0.05) is 19.6 Å². The summed E-state index contributed by atoms with van der Waals surface area (Å²) in [5, 5.41) is 6.55. The van der Waals surface area contributed by atoms with Crippen molar-refractivity contribution in [1.29, 1.82) is 0 Å². The highest BCUT2D eigenvalue weighted by Gasteiger charge is 2.04. The predicted octanol–water partition coefficient (Wildman–Crippen LogP) is 0.971. The highest BCUT2D eigenvalue weighted by Crippen LogP contribution is 1.97. The zero-order chi connectivity index (χ0) is 8.81. The first kappa shape index (κ1) is 9.36. The van der Waals surface area contributed by atoms with Crippen molar-refractivity contribution in [3.05, 3.63) is 0 Å². The first-order valence-electron chi connectivity index (χ1n) is 4.85. The molecule has 1 aliphatic heterocycles. The van der Waals surface area contributed by atoms with E-state index >= 15 is 0 Å². The average Bonchev–Trinajstić information content (AvgIpc) is 2.16. The van der Waals surface area contributed by atoms with Gasteiger partial charge in [-0.05, 0) is 12.3 Å². The Labute approximate surface area is 74.6 Å². The molecular weight excluding hydrogens is 150 g/mol. The summed E-state index contributed by atoms with van der Waals surface area (Å²) in [4.78, 5) is 4.33. The third-order valence-electron chi connectivity index (χ3n) is 2.21. The minimum absolute atomic E-state index is 0.733. The lowest BCUT2D eigenvalue weighted by Crippen LogP contribution is -2.42. The van der Waals surface area contributed by atoms with E-state index in [1.165, 1.54) is 6.42 Å². The van der Waals surface area contributed by atoms with Crippen molar-refractivity contribution < 1.29 is 0 Å². The number of nitrogens with zero attached hydrogens (tertiary/aromatic N) is 1. The van der Waals surface area contributed by atoms with Gasteiger partial charge in [0.2, 0.25) is 0 Å². The Bertz CT molecular complexity index is 154. The van der Waals surface area contributed by atoms with Crippen molar-refractivity contribution in [2.75, 3.05) is 19.6 Å². The van der Waals surface area contributed by atoms with Gasteiger partial charge in [0.15, 0.2) is 5.96 Å². The van der Waals surface area contributed by atoms with E-state index < -0.39 is 0 Å². The van der Waals surface area contributed by atoms with Crippen LogP contribution in [0, 0.1) is 5.92 Å². The fraction of sp³-hybridized carbons (Fsp3) is 0.889. The molecule has 3 heteroatoms. The van der Waals surface area contributed by atoms with E-state index in [4.69, 9.17) is 0 Å². The lowest BCUT2D eigenvalue weighted by Gasteiger charge is -2.17. The van der Waals surface area contributed by atoms with Crippen molar-refractivity contribution in [1.82, 2.24) is 10.6 Å². The van der Waals surface area contributed by atoms with Crippen molar-refractivity contribution in [2.45, 2.75) is 26.7 Å². The molecule has 0 fully saturated rings. The second-order valence-corrected chi connectivity index (χ2v) is 3.40. The number of aliphatic imine (C=N–C) groups is 1. The second-order valence-electron chi connectivity index (χ2n) is 3.40. The number of nitrogens with one attached hydrogen (secondary N) is 2. The lowest BCUT2D eigenvalue weighted by atomic mass is 10.1. The van der Waals surface area contributed by atoms with Crippen LogP contribution in [0.2, 0.25) is 0 Å². The van der Waals surface area contributed by atoms with Crippen LogP contribution in [0.4, 0.5) is 0 Å². The maximum Gasteiger partial charge on any atom is 0.191 e. The Morgan fingerprint density at radius 2 is 2.50 bits per heavy atom. The number of hydrogen-bond donors (Lipinski definition) is 2. The van der Waals surface area contributed by atoms with Gasteiger partial charge < -0.3 is 10.6 Å². The number of rotatable bonds is 3. The predicted molar refractivity (Wildman–Crippen MR) is 52.4 cm³/mol. The van der Waals surface area contributed by atoms with Gasteiger partial charge in [0.25, 0.3) is 0 Å². The van der Waals surface area contributed by atoms with Crippen molar-refractivity contribution in [3.8, 4) is 0 Å². The molecule has 1 unspecified atom stereocenters. The van der Waals surface area contributed by atoms with Crippen LogP contribution in [-0.2, 0) is 0 Å². The summed E-state index contributed by atoms with van der Waals surface area (Å²) in [5.41, 5.74) is 0. The van der Waals surface area contributed by atoms with E-state index in [1.807, 2.05) is 0 Å². The normalized spacial score (nSPS) is 19.3. The van der Waals surface area contributed by atoms with Gasteiger partial charge in [0.05, 0.1) is 0 Å². The summed E-state index contributed by atoms with van der Waals surface area (Å²) in [6.07, 6.45) is 2.38. The maximum atomic E-state index is 4.33. The molecule has 2 N–H and O–H groups in total. The second kappa shape index (κ2) is 5.01. The number of guanidine groups is 1. The van der Waals surface area contributed by atoms with Crippen LogP contribution in [-0.4, -0.2) is 25.6 Å². The zero-order valence-electron chi connectivity index (χ0n) is 8.06. The molecule has 12 heavy (non-hydrogen) atoms. The summed E-state index contributed by atoms with van der Waals surface area (Å²) in [6, 6.07) is 0. The fourth-order valence-electron chi connectivity index (χ4n) is 1.07. The van der Waals surface area contributed by atoms with E-state index in [-0.39, 0.29) is 0 Å². The minimum Gasteiger partial charge on any atom is -0.356 e. The highest BCUT2D eigenvalue weighted by molar-refractivity contribution is 5.80. The fourth-order valence-corrected chi connectivity index (χ4v) is 1.07. The molecule has 1 heterocycles. The monoisotopic (exact) mass is 169 g/mol. The molecule has 1 aliphatic rings. The van der Waals surface area contributed by atoms with Gasteiger partial charge >= 0.3 is 0 Å². The lowest BCUT2D eigenvalue weighted by molar-refractivity contribution is 0.539. The Balaban J connectivity index is 2.17. The molecule has 0 spiro atoms. The third kappa shape index (κ3) is 3.11. The van der Waals surface area contributed by atoms with E-state index in [9.17, 15) is 0 Å². The van der Waals surface area contributed by atoms with Crippen LogP contribution in [0.5, 0.6) is 0 Å². The molecule has 0 aromatic heterocycles. The molecule has 0 aromatic rings. The molecule has 0 bridgehead atoms. The minimum atomic E-state index is 0.733. The standard InChI is InChI=1S/C9H19N3/c1-3-8(2)7-12-9-10-5-4-6-11-9/h8H,3-7H2,1-2H3,(H2,10,11,12). The SMILES string of the molecule is CCC(C)CNC1=NCCCN1.